The van der Waals surface area contributed by atoms with E-state index < -0.39 is 0 Å². The number of nitrogens with zero attached hydrogens (tertiary/aromatic N) is 1. The fourth-order valence-electron chi connectivity index (χ4n) is 2.11. The van der Waals surface area contributed by atoms with Gasteiger partial charge in [-0.2, -0.15) is 0 Å². The summed E-state index contributed by atoms with van der Waals surface area (Å²) in [4.78, 5) is 20.2. The summed E-state index contributed by atoms with van der Waals surface area (Å²) in [5.74, 6) is 0.452. The van der Waals surface area contributed by atoms with E-state index in [2.05, 4.69) is 15.3 Å². The minimum Gasteiger partial charge on any atom is -0.355 e. The summed E-state index contributed by atoms with van der Waals surface area (Å²) in [6.07, 6.45) is 0.996. The molecule has 0 atom stereocenters. The molecule has 1 amide bonds. The van der Waals surface area contributed by atoms with Crippen LogP contribution in [0.1, 0.15) is 10.7 Å². The number of hydrogen-bond donors (Lipinski definition) is 2. The highest BCUT2D eigenvalue weighted by Gasteiger charge is 2.06. The summed E-state index contributed by atoms with van der Waals surface area (Å²) in [7, 11) is 0. The molecule has 0 radical (unpaired) electrons. The smallest absolute Gasteiger partial charge is 0.225 e. The third-order valence-electron chi connectivity index (χ3n) is 3.09. The summed E-state index contributed by atoms with van der Waals surface area (Å²) in [5, 5.41) is 4.81. The first-order valence-corrected chi connectivity index (χ1v) is 7.52. The van der Waals surface area contributed by atoms with Crippen LogP contribution in [0.5, 0.6) is 0 Å². The van der Waals surface area contributed by atoms with E-state index in [1.54, 1.807) is 17.4 Å². The number of halogens is 1. The Balaban J connectivity index is 1.53. The van der Waals surface area contributed by atoms with Gasteiger partial charge in [-0.25, -0.2) is 9.37 Å². The average molecular weight is 303 g/mol. The molecular formula is C15H14FN3OS. The molecule has 4 nitrogen and oxygen atoms in total. The normalized spacial score (nSPS) is 10.9. The molecule has 0 aliphatic rings. The van der Waals surface area contributed by atoms with E-state index in [4.69, 9.17) is 0 Å². The lowest BCUT2D eigenvalue weighted by Gasteiger charge is -2.02. The minimum atomic E-state index is -0.290. The lowest BCUT2D eigenvalue weighted by atomic mass is 10.3. The number of amides is 1. The van der Waals surface area contributed by atoms with Crippen molar-refractivity contribution in [2.24, 2.45) is 0 Å². The molecule has 2 aromatic heterocycles. The molecule has 0 saturated carbocycles. The van der Waals surface area contributed by atoms with Crippen LogP contribution in [0.3, 0.4) is 0 Å². The van der Waals surface area contributed by atoms with Gasteiger partial charge in [0.15, 0.2) is 0 Å². The molecule has 6 heteroatoms. The third kappa shape index (κ3) is 3.46. The maximum atomic E-state index is 13.1. The number of imidazole rings is 1. The summed E-state index contributed by atoms with van der Waals surface area (Å²) in [5.41, 5.74) is 1.41. The van der Waals surface area contributed by atoms with Crippen LogP contribution < -0.4 is 5.32 Å². The van der Waals surface area contributed by atoms with Crippen LogP contribution in [0.15, 0.2) is 35.7 Å². The zero-order valence-electron chi connectivity index (χ0n) is 11.2. The molecule has 0 aliphatic carbocycles. The molecule has 2 N–H and O–H groups in total. The molecular weight excluding hydrogens is 289 g/mol. The Morgan fingerprint density at radius 2 is 2.29 bits per heavy atom. The molecule has 0 saturated heterocycles. The van der Waals surface area contributed by atoms with Gasteiger partial charge in [-0.3, -0.25) is 4.79 Å². The van der Waals surface area contributed by atoms with Crippen molar-refractivity contribution in [3.8, 4) is 0 Å². The van der Waals surface area contributed by atoms with Gasteiger partial charge in [0, 0.05) is 17.8 Å². The van der Waals surface area contributed by atoms with Gasteiger partial charge in [0.1, 0.15) is 11.6 Å². The van der Waals surface area contributed by atoms with Crippen molar-refractivity contribution in [3.63, 3.8) is 0 Å². The van der Waals surface area contributed by atoms with E-state index in [0.29, 0.717) is 24.9 Å². The number of hydrogen-bond acceptors (Lipinski definition) is 3. The largest absolute Gasteiger partial charge is 0.355 e. The number of thiophene rings is 1. The van der Waals surface area contributed by atoms with Gasteiger partial charge in [-0.1, -0.05) is 6.07 Å². The molecule has 2 heterocycles. The average Bonchev–Trinajstić information content (AvgIpc) is 3.07. The van der Waals surface area contributed by atoms with E-state index >= 15 is 0 Å². The van der Waals surface area contributed by atoms with Gasteiger partial charge in [0.05, 0.1) is 17.5 Å². The van der Waals surface area contributed by atoms with Gasteiger partial charge in [0.25, 0.3) is 0 Å². The van der Waals surface area contributed by atoms with E-state index in [9.17, 15) is 9.18 Å². The predicted molar refractivity (Wildman–Crippen MR) is 80.8 cm³/mol. The van der Waals surface area contributed by atoms with E-state index in [1.165, 1.54) is 12.1 Å². The van der Waals surface area contributed by atoms with Crippen LogP contribution in [-0.4, -0.2) is 22.4 Å². The van der Waals surface area contributed by atoms with Gasteiger partial charge < -0.3 is 10.3 Å². The van der Waals surface area contributed by atoms with E-state index in [-0.39, 0.29) is 11.7 Å². The second kappa shape index (κ2) is 6.05. The van der Waals surface area contributed by atoms with Gasteiger partial charge in [0.2, 0.25) is 5.91 Å². The Hall–Kier alpha value is -2.21. The van der Waals surface area contributed by atoms with E-state index in [0.717, 1.165) is 16.2 Å². The minimum absolute atomic E-state index is 0.000365. The first kappa shape index (κ1) is 13.8. The number of carbonyl (C=O) groups excluding carboxylic acids is 1. The molecule has 108 valence electrons. The Bertz CT molecular complexity index is 751. The molecule has 1 aromatic carbocycles. The second-order valence-electron chi connectivity index (χ2n) is 4.70. The maximum absolute atomic E-state index is 13.1. The highest BCUT2D eigenvalue weighted by atomic mass is 32.1. The van der Waals surface area contributed by atoms with Crippen LogP contribution >= 0.6 is 11.3 Å². The Morgan fingerprint density at radius 3 is 3.10 bits per heavy atom. The molecule has 0 fully saturated rings. The van der Waals surface area contributed by atoms with E-state index in [1.807, 2.05) is 17.5 Å². The van der Waals surface area contributed by atoms with Crippen LogP contribution in [-0.2, 0) is 17.6 Å². The number of nitrogens with one attached hydrogen (secondary N) is 2. The lowest BCUT2D eigenvalue weighted by Crippen LogP contribution is -2.27. The molecule has 3 rings (SSSR count). The second-order valence-corrected chi connectivity index (χ2v) is 5.73. The van der Waals surface area contributed by atoms with Crippen molar-refractivity contribution in [1.29, 1.82) is 0 Å². The monoisotopic (exact) mass is 303 g/mol. The fraction of sp³-hybridized carbons (Fsp3) is 0.200. The quantitative estimate of drug-likeness (QED) is 0.761. The number of carbonyl (C=O) groups is 1. The summed E-state index contributed by atoms with van der Waals surface area (Å²) in [6.45, 7) is 0.506. The number of H-pyrrole nitrogens is 1. The lowest BCUT2D eigenvalue weighted by molar-refractivity contribution is -0.120. The zero-order valence-corrected chi connectivity index (χ0v) is 12.0. The summed E-state index contributed by atoms with van der Waals surface area (Å²) >= 11 is 1.57. The Morgan fingerprint density at radius 1 is 1.38 bits per heavy atom. The third-order valence-corrected chi connectivity index (χ3v) is 3.97. The molecule has 21 heavy (non-hydrogen) atoms. The fourth-order valence-corrected chi connectivity index (χ4v) is 2.81. The Kier molecular flexibility index (Phi) is 3.96. The van der Waals surface area contributed by atoms with Crippen molar-refractivity contribution in [2.75, 3.05) is 6.54 Å². The highest BCUT2D eigenvalue weighted by molar-refractivity contribution is 7.10. The van der Waals surface area contributed by atoms with Crippen LogP contribution in [0.25, 0.3) is 11.0 Å². The topological polar surface area (TPSA) is 57.8 Å². The van der Waals surface area contributed by atoms with Gasteiger partial charge in [-0.15, -0.1) is 11.3 Å². The van der Waals surface area contributed by atoms with Gasteiger partial charge >= 0.3 is 0 Å². The maximum Gasteiger partial charge on any atom is 0.225 e. The van der Waals surface area contributed by atoms with Crippen molar-refractivity contribution in [1.82, 2.24) is 15.3 Å². The van der Waals surface area contributed by atoms with Crippen LogP contribution in [0.4, 0.5) is 4.39 Å². The number of aromatic amines is 1. The molecule has 0 unspecified atom stereocenters. The summed E-state index contributed by atoms with van der Waals surface area (Å²) < 4.78 is 13.1. The molecule has 0 spiro atoms. The summed E-state index contributed by atoms with van der Waals surface area (Å²) in [6, 6.07) is 8.32. The first-order chi connectivity index (χ1) is 10.2. The van der Waals surface area contributed by atoms with Crippen LogP contribution in [0, 0.1) is 5.82 Å². The highest BCUT2D eigenvalue weighted by Crippen LogP contribution is 2.13. The zero-order chi connectivity index (χ0) is 14.7. The number of fused-ring (bicyclic) bond motifs is 1. The van der Waals surface area contributed by atoms with Crippen molar-refractivity contribution in [2.45, 2.75) is 12.8 Å². The number of benzene rings is 1. The molecule has 3 aromatic rings. The molecule has 0 bridgehead atoms. The van der Waals surface area contributed by atoms with Crippen molar-refractivity contribution >= 4 is 28.3 Å². The standard InChI is InChI=1S/C15H14FN3OS/c16-10-3-4-12-13(8-10)19-14(18-12)5-6-17-15(20)9-11-2-1-7-21-11/h1-4,7-8H,5-6,9H2,(H,17,20)(H,18,19). The predicted octanol–water partition coefficient (Wildman–Crippen LogP) is 2.66. The van der Waals surface area contributed by atoms with Crippen molar-refractivity contribution < 1.29 is 9.18 Å². The van der Waals surface area contributed by atoms with Crippen molar-refractivity contribution in [3.05, 3.63) is 52.2 Å². The molecule has 0 aliphatic heterocycles. The van der Waals surface area contributed by atoms with Crippen LogP contribution in [0.2, 0.25) is 0 Å². The van der Waals surface area contributed by atoms with Gasteiger partial charge in [-0.05, 0) is 29.6 Å². The number of aromatic nitrogens is 2. The Labute approximate surface area is 125 Å². The SMILES string of the molecule is O=C(Cc1cccs1)NCCc1nc2ccc(F)cc2[nH]1. The first-order valence-electron chi connectivity index (χ1n) is 6.64. The number of rotatable bonds is 5.